The molecule has 4 aromatic rings. The number of aliphatic hydroxyl groups is 1. The highest BCUT2D eigenvalue weighted by Gasteiger charge is 2.39. The summed E-state index contributed by atoms with van der Waals surface area (Å²) >= 11 is 5.91. The van der Waals surface area contributed by atoms with Crippen LogP contribution in [0.4, 0.5) is 13.2 Å². The van der Waals surface area contributed by atoms with Gasteiger partial charge in [0.25, 0.3) is 0 Å². The number of hydrogen-bond donors (Lipinski definition) is 1. The van der Waals surface area contributed by atoms with Gasteiger partial charge < -0.3 is 9.84 Å². The molecule has 1 atom stereocenters. The van der Waals surface area contributed by atoms with E-state index >= 15 is 0 Å². The highest BCUT2D eigenvalue weighted by Crippen LogP contribution is 2.24. The van der Waals surface area contributed by atoms with Gasteiger partial charge in [-0.25, -0.2) is 24.2 Å². The number of hydrogen-bond acceptors (Lipinski definition) is 8. The van der Waals surface area contributed by atoms with Crippen LogP contribution >= 0.6 is 11.6 Å². The maximum atomic E-state index is 13.1. The van der Waals surface area contributed by atoms with Crippen molar-refractivity contribution in [1.29, 1.82) is 0 Å². The fourth-order valence-electron chi connectivity index (χ4n) is 3.62. The Kier molecular flexibility index (Phi) is 7.64. The van der Waals surface area contributed by atoms with E-state index < -0.39 is 37.0 Å². The Hall–Kier alpha value is -4.04. The fourth-order valence-corrected chi connectivity index (χ4v) is 3.75. The van der Waals surface area contributed by atoms with Gasteiger partial charge in [0.15, 0.2) is 23.6 Å². The number of pyridine rings is 1. The maximum Gasteiger partial charge on any atom is 0.416 e. The van der Waals surface area contributed by atoms with Crippen LogP contribution in [-0.2, 0) is 24.2 Å². The summed E-state index contributed by atoms with van der Waals surface area (Å²) in [6.45, 7) is 0.388. The van der Waals surface area contributed by atoms with Gasteiger partial charge in [-0.15, -0.1) is 10.2 Å². The number of esters is 1. The van der Waals surface area contributed by atoms with Gasteiger partial charge in [-0.3, -0.25) is 4.57 Å². The van der Waals surface area contributed by atoms with Crippen LogP contribution < -0.4 is 5.69 Å². The Balaban J connectivity index is 1.80. The van der Waals surface area contributed by atoms with Gasteiger partial charge in [-0.1, -0.05) is 24.6 Å². The predicted molar refractivity (Wildman–Crippen MR) is 128 cm³/mol. The van der Waals surface area contributed by atoms with Crippen molar-refractivity contribution < 1.29 is 27.8 Å². The van der Waals surface area contributed by atoms with Gasteiger partial charge in [0.2, 0.25) is 5.82 Å². The van der Waals surface area contributed by atoms with Gasteiger partial charge in [-0.2, -0.15) is 17.9 Å². The summed E-state index contributed by atoms with van der Waals surface area (Å²) in [5, 5.41) is 18.5. The summed E-state index contributed by atoms with van der Waals surface area (Å²) in [4.78, 5) is 34.0. The molecule has 0 saturated heterocycles. The van der Waals surface area contributed by atoms with Crippen molar-refractivity contribution in [3.8, 4) is 17.2 Å². The number of carbonyl (C=O) groups is 1. The second-order valence-electron chi connectivity index (χ2n) is 8.03. The summed E-state index contributed by atoms with van der Waals surface area (Å²) < 4.78 is 46.8. The zero-order valence-electron chi connectivity index (χ0n) is 20.1. The third-order valence-corrected chi connectivity index (χ3v) is 5.77. The Labute approximate surface area is 218 Å². The smallest absolute Gasteiger partial charge is 0.416 e. The van der Waals surface area contributed by atoms with E-state index in [1.165, 1.54) is 35.1 Å². The molecule has 0 aliphatic carbocycles. The number of ether oxygens (including phenoxy) is 1. The number of nitrogens with zero attached hydrogens (tertiary/aromatic N) is 7. The maximum absolute atomic E-state index is 13.1. The van der Waals surface area contributed by atoms with Crippen molar-refractivity contribution in [2.75, 3.05) is 7.11 Å². The summed E-state index contributed by atoms with van der Waals surface area (Å²) in [5.74, 6) is -0.898. The van der Waals surface area contributed by atoms with Gasteiger partial charge in [0, 0.05) is 16.8 Å². The highest BCUT2D eigenvalue weighted by molar-refractivity contribution is 6.30. The average molecular weight is 552 g/mol. The van der Waals surface area contributed by atoms with Crippen molar-refractivity contribution in [3.63, 3.8) is 0 Å². The van der Waals surface area contributed by atoms with Crippen LogP contribution in [0.25, 0.3) is 17.2 Å². The molecule has 15 heteroatoms. The lowest BCUT2D eigenvalue weighted by atomic mass is 10.2. The molecule has 0 bridgehead atoms. The molecule has 1 aromatic carbocycles. The predicted octanol–water partition coefficient (Wildman–Crippen LogP) is 2.66. The zero-order valence-corrected chi connectivity index (χ0v) is 20.8. The average Bonchev–Trinajstić information content (AvgIpc) is 3.45. The first kappa shape index (κ1) is 27.0. The molecule has 0 aliphatic heterocycles. The van der Waals surface area contributed by atoms with Crippen LogP contribution in [0.1, 0.15) is 28.9 Å². The largest absolute Gasteiger partial charge is 0.463 e. The second-order valence-corrected chi connectivity index (χ2v) is 8.47. The highest BCUT2D eigenvalue weighted by atomic mass is 35.5. The van der Waals surface area contributed by atoms with E-state index in [4.69, 9.17) is 16.3 Å². The first-order chi connectivity index (χ1) is 18.0. The topological polar surface area (TPSA) is 130 Å². The number of aliphatic hydroxyl groups excluding tert-OH is 1. The minimum absolute atomic E-state index is 0.0520. The number of alkyl halides is 3. The molecule has 1 unspecified atom stereocenters. The van der Waals surface area contributed by atoms with Crippen molar-refractivity contribution in [1.82, 2.24) is 34.1 Å². The van der Waals surface area contributed by atoms with E-state index in [2.05, 4.69) is 20.2 Å². The zero-order chi connectivity index (χ0) is 27.6. The number of rotatable bonds is 8. The molecule has 1 N–H and O–H groups in total. The van der Waals surface area contributed by atoms with Gasteiger partial charge in [0.1, 0.15) is 6.54 Å². The molecule has 3 heterocycles. The van der Waals surface area contributed by atoms with Crippen LogP contribution in [0.5, 0.6) is 0 Å². The first-order valence-corrected chi connectivity index (χ1v) is 11.6. The molecule has 4 rings (SSSR count). The summed E-state index contributed by atoms with van der Waals surface area (Å²) in [7, 11) is 1.16. The molecule has 3 aromatic heterocycles. The Morgan fingerprint density at radius 3 is 2.53 bits per heavy atom. The number of halogens is 4. The van der Waals surface area contributed by atoms with Crippen LogP contribution in [0.15, 0.2) is 47.4 Å². The lowest BCUT2D eigenvalue weighted by molar-refractivity contribution is -0.207. The van der Waals surface area contributed by atoms with E-state index in [1.807, 2.05) is 6.92 Å². The van der Waals surface area contributed by atoms with Crippen molar-refractivity contribution in [3.05, 3.63) is 75.3 Å². The standard InChI is InChI=1S/C23H21ClF3N7O4/c1-3-13-5-4-10-28-18(13)34-20(21(36)38-2)29-17(30-34)12-33-22(37)32(11-16(35)23(25,26)27)19(31-33)14-6-8-15(24)9-7-14/h4-10,16,35H,3,11-12H2,1-2H3. The fraction of sp³-hybridized carbons (Fsp3) is 0.304. The van der Waals surface area contributed by atoms with Gasteiger partial charge in [-0.05, 0) is 42.3 Å². The molecule has 0 fully saturated rings. The number of methoxy groups -OCH3 is 1. The van der Waals surface area contributed by atoms with Gasteiger partial charge >= 0.3 is 17.8 Å². The summed E-state index contributed by atoms with van der Waals surface area (Å²) in [5.41, 5.74) is 0.0810. The van der Waals surface area contributed by atoms with E-state index in [9.17, 15) is 27.9 Å². The quantitative estimate of drug-likeness (QED) is 0.331. The lowest BCUT2D eigenvalue weighted by Crippen LogP contribution is -2.37. The number of aryl methyl sites for hydroxylation is 1. The molecule has 0 saturated carbocycles. The molecular weight excluding hydrogens is 531 g/mol. The summed E-state index contributed by atoms with van der Waals surface area (Å²) in [6, 6.07) is 9.42. The lowest BCUT2D eigenvalue weighted by Gasteiger charge is -2.15. The number of carbonyl (C=O) groups excluding carboxylic acids is 1. The normalized spacial score (nSPS) is 12.5. The minimum atomic E-state index is -4.96. The molecule has 0 aliphatic rings. The van der Waals surface area contributed by atoms with E-state index in [0.29, 0.717) is 21.8 Å². The van der Waals surface area contributed by atoms with Crippen LogP contribution in [0.2, 0.25) is 5.02 Å². The molecular formula is C23H21ClF3N7O4. The minimum Gasteiger partial charge on any atom is -0.463 e. The molecule has 0 amide bonds. The molecule has 200 valence electrons. The number of aromatic nitrogens is 7. The molecule has 38 heavy (non-hydrogen) atoms. The van der Waals surface area contributed by atoms with Crippen LogP contribution in [0.3, 0.4) is 0 Å². The molecule has 0 spiro atoms. The van der Waals surface area contributed by atoms with Crippen molar-refractivity contribution in [2.45, 2.75) is 38.7 Å². The van der Waals surface area contributed by atoms with Gasteiger partial charge in [0.05, 0.1) is 13.7 Å². The number of benzene rings is 1. The van der Waals surface area contributed by atoms with E-state index in [1.54, 1.807) is 12.1 Å². The Bertz CT molecular complexity index is 1510. The van der Waals surface area contributed by atoms with Crippen LogP contribution in [0, 0.1) is 0 Å². The van der Waals surface area contributed by atoms with Crippen molar-refractivity contribution in [2.24, 2.45) is 0 Å². The Morgan fingerprint density at radius 1 is 1.18 bits per heavy atom. The molecule has 11 nitrogen and oxygen atoms in total. The SMILES string of the molecule is CCc1cccnc1-n1nc(Cn2nc(-c3ccc(Cl)cc3)n(CC(O)C(F)(F)F)c2=O)nc1C(=O)OC. The second kappa shape index (κ2) is 10.8. The van der Waals surface area contributed by atoms with Crippen molar-refractivity contribution >= 4 is 17.6 Å². The Morgan fingerprint density at radius 2 is 1.89 bits per heavy atom. The summed E-state index contributed by atoms with van der Waals surface area (Å²) in [6.07, 6.45) is -5.71. The third kappa shape index (κ3) is 5.45. The van der Waals surface area contributed by atoms with E-state index in [0.717, 1.165) is 17.4 Å². The van der Waals surface area contributed by atoms with Crippen LogP contribution in [-0.4, -0.2) is 64.6 Å². The van der Waals surface area contributed by atoms with E-state index in [-0.39, 0.29) is 23.0 Å². The molecule has 0 radical (unpaired) electrons. The first-order valence-electron chi connectivity index (χ1n) is 11.2. The monoisotopic (exact) mass is 551 g/mol. The third-order valence-electron chi connectivity index (χ3n) is 5.52.